The van der Waals surface area contributed by atoms with Crippen LogP contribution in [-0.2, 0) is 0 Å². The molecule has 17 heavy (non-hydrogen) atoms. The van der Waals surface area contributed by atoms with Crippen LogP contribution in [0.4, 0.5) is 0 Å². The molecule has 1 unspecified atom stereocenters. The fraction of sp³-hybridized carbons (Fsp3) is 0.583. The van der Waals surface area contributed by atoms with Gasteiger partial charge < -0.3 is 14.4 Å². The Balaban J connectivity index is 2.05. The molecule has 1 aliphatic heterocycles. The molecule has 0 saturated carbocycles. The molecule has 1 amide bonds. The normalized spacial score (nSPS) is 25.7. The molecule has 0 aliphatic carbocycles. The summed E-state index contributed by atoms with van der Waals surface area (Å²) in [6.07, 6.45) is 2.17. The van der Waals surface area contributed by atoms with E-state index in [9.17, 15) is 9.90 Å². The van der Waals surface area contributed by atoms with Gasteiger partial charge in [-0.25, -0.2) is 0 Å². The monoisotopic (exact) mass is 301 g/mol. The highest BCUT2D eigenvalue weighted by atomic mass is 79.9. The Morgan fingerprint density at radius 1 is 1.47 bits per heavy atom. The topological polar surface area (TPSA) is 53.7 Å². The van der Waals surface area contributed by atoms with Crippen LogP contribution >= 0.6 is 15.9 Å². The van der Waals surface area contributed by atoms with E-state index in [1.165, 1.54) is 0 Å². The van der Waals surface area contributed by atoms with Crippen molar-refractivity contribution in [1.82, 2.24) is 4.90 Å². The van der Waals surface area contributed by atoms with Gasteiger partial charge in [0.15, 0.2) is 10.4 Å². The number of nitrogens with zero attached hydrogens (tertiary/aromatic N) is 1. The number of amides is 1. The lowest BCUT2D eigenvalue weighted by atomic mass is 9.98. The number of carbonyl (C=O) groups excluding carboxylic acids is 1. The Bertz CT molecular complexity index is 414. The molecule has 2 rings (SSSR count). The van der Waals surface area contributed by atoms with E-state index < -0.39 is 5.60 Å². The van der Waals surface area contributed by atoms with Gasteiger partial charge in [-0.3, -0.25) is 4.79 Å². The zero-order valence-electron chi connectivity index (χ0n) is 9.78. The van der Waals surface area contributed by atoms with Gasteiger partial charge in [0.05, 0.1) is 5.60 Å². The number of likely N-dealkylation sites (tertiary alicyclic amines) is 1. The van der Waals surface area contributed by atoms with Gasteiger partial charge >= 0.3 is 0 Å². The van der Waals surface area contributed by atoms with Crippen molar-refractivity contribution >= 4 is 21.8 Å². The number of halogens is 1. The van der Waals surface area contributed by atoms with Gasteiger partial charge in [-0.1, -0.05) is 0 Å². The van der Waals surface area contributed by atoms with Crippen molar-refractivity contribution in [3.63, 3.8) is 0 Å². The number of carbonyl (C=O) groups is 1. The predicted molar refractivity (Wildman–Crippen MR) is 66.8 cm³/mol. The molecule has 0 aromatic carbocycles. The Hall–Kier alpha value is -0.810. The zero-order chi connectivity index (χ0) is 12.5. The Morgan fingerprint density at radius 2 is 2.24 bits per heavy atom. The van der Waals surface area contributed by atoms with Gasteiger partial charge in [0.25, 0.3) is 5.91 Å². The predicted octanol–water partition coefficient (Wildman–Crippen LogP) is 2.42. The number of rotatable bonds is 1. The van der Waals surface area contributed by atoms with E-state index in [4.69, 9.17) is 4.42 Å². The van der Waals surface area contributed by atoms with E-state index >= 15 is 0 Å². The minimum atomic E-state index is -0.654. The van der Waals surface area contributed by atoms with Crippen LogP contribution in [0.1, 0.15) is 36.7 Å². The fourth-order valence-electron chi connectivity index (χ4n) is 2.05. The molecule has 1 fully saturated rings. The van der Waals surface area contributed by atoms with Crippen molar-refractivity contribution in [1.29, 1.82) is 0 Å². The van der Waals surface area contributed by atoms with Crippen molar-refractivity contribution in [2.75, 3.05) is 13.1 Å². The number of furan rings is 1. The lowest BCUT2D eigenvalue weighted by Crippen LogP contribution is -2.33. The summed E-state index contributed by atoms with van der Waals surface area (Å²) in [5.74, 6) is 0.242. The number of aliphatic hydroxyl groups is 1. The minimum Gasteiger partial charge on any atom is -0.444 e. The van der Waals surface area contributed by atoms with Gasteiger partial charge in [-0.05, 0) is 54.2 Å². The van der Waals surface area contributed by atoms with Crippen molar-refractivity contribution in [2.45, 2.75) is 31.8 Å². The van der Waals surface area contributed by atoms with E-state index in [-0.39, 0.29) is 5.91 Å². The lowest BCUT2D eigenvalue weighted by molar-refractivity contribution is 0.0434. The molecule has 1 N–H and O–H groups in total. The molecule has 1 saturated heterocycles. The highest BCUT2D eigenvalue weighted by Gasteiger charge is 2.28. The molecule has 2 heterocycles. The highest BCUT2D eigenvalue weighted by Crippen LogP contribution is 2.23. The summed E-state index contributed by atoms with van der Waals surface area (Å²) in [6.45, 7) is 3.07. The molecular weight excluding hydrogens is 286 g/mol. The van der Waals surface area contributed by atoms with E-state index in [1.54, 1.807) is 17.0 Å². The third-order valence-corrected chi connectivity index (χ3v) is 3.56. The highest BCUT2D eigenvalue weighted by molar-refractivity contribution is 9.10. The van der Waals surface area contributed by atoms with Crippen molar-refractivity contribution < 1.29 is 14.3 Å². The molecule has 94 valence electrons. The summed E-state index contributed by atoms with van der Waals surface area (Å²) in [7, 11) is 0. The largest absolute Gasteiger partial charge is 0.444 e. The molecule has 1 aromatic heterocycles. The number of hydrogen-bond acceptors (Lipinski definition) is 3. The van der Waals surface area contributed by atoms with Crippen molar-refractivity contribution in [2.24, 2.45) is 0 Å². The van der Waals surface area contributed by atoms with Crippen LogP contribution in [0.2, 0.25) is 0 Å². The van der Waals surface area contributed by atoms with Crippen LogP contribution in [0.3, 0.4) is 0 Å². The van der Waals surface area contributed by atoms with Crippen LogP contribution in [0.25, 0.3) is 0 Å². The lowest BCUT2D eigenvalue weighted by Gasteiger charge is -2.21. The second-order valence-electron chi connectivity index (χ2n) is 4.75. The van der Waals surface area contributed by atoms with Crippen LogP contribution in [0.5, 0.6) is 0 Å². The Kier molecular flexibility index (Phi) is 3.58. The molecule has 0 bridgehead atoms. The first-order valence-electron chi connectivity index (χ1n) is 5.75. The van der Waals surface area contributed by atoms with Gasteiger partial charge in [0, 0.05) is 13.1 Å². The average molecular weight is 302 g/mol. The van der Waals surface area contributed by atoms with Crippen LogP contribution < -0.4 is 0 Å². The number of hydrogen-bond donors (Lipinski definition) is 1. The molecule has 1 aromatic rings. The minimum absolute atomic E-state index is 0.103. The maximum absolute atomic E-state index is 12.1. The molecule has 5 heteroatoms. The van der Waals surface area contributed by atoms with E-state index in [1.807, 2.05) is 6.92 Å². The van der Waals surface area contributed by atoms with E-state index in [0.29, 0.717) is 29.9 Å². The van der Waals surface area contributed by atoms with Crippen LogP contribution in [-0.4, -0.2) is 34.6 Å². The molecule has 1 atom stereocenters. The van der Waals surface area contributed by atoms with Crippen LogP contribution in [0.15, 0.2) is 21.2 Å². The average Bonchev–Trinajstić information content (AvgIpc) is 2.60. The molecule has 1 aliphatic rings. The van der Waals surface area contributed by atoms with Gasteiger partial charge in [-0.15, -0.1) is 0 Å². The summed E-state index contributed by atoms with van der Waals surface area (Å²) >= 11 is 3.18. The standard InChI is InChI=1S/C12H16BrNO3/c1-12(16)5-2-7-14(8-6-12)11(15)9-3-4-10(13)17-9/h3-4,16H,2,5-8H2,1H3. The third-order valence-electron chi connectivity index (χ3n) is 3.13. The first-order valence-corrected chi connectivity index (χ1v) is 6.54. The fourth-order valence-corrected chi connectivity index (χ4v) is 2.36. The van der Waals surface area contributed by atoms with Gasteiger partial charge in [-0.2, -0.15) is 0 Å². The summed E-state index contributed by atoms with van der Waals surface area (Å²) < 4.78 is 5.81. The summed E-state index contributed by atoms with van der Waals surface area (Å²) in [5.41, 5.74) is -0.654. The maximum Gasteiger partial charge on any atom is 0.289 e. The zero-order valence-corrected chi connectivity index (χ0v) is 11.4. The van der Waals surface area contributed by atoms with Gasteiger partial charge in [0.1, 0.15) is 0 Å². The second kappa shape index (κ2) is 4.82. The first kappa shape index (κ1) is 12.6. The quantitative estimate of drug-likeness (QED) is 0.867. The van der Waals surface area contributed by atoms with E-state index in [0.717, 1.165) is 12.8 Å². The second-order valence-corrected chi connectivity index (χ2v) is 5.53. The van der Waals surface area contributed by atoms with Crippen molar-refractivity contribution in [3.8, 4) is 0 Å². The molecule has 4 nitrogen and oxygen atoms in total. The van der Waals surface area contributed by atoms with Gasteiger partial charge in [0.2, 0.25) is 0 Å². The molecular formula is C12H16BrNO3. The summed E-state index contributed by atoms with van der Waals surface area (Å²) in [6, 6.07) is 3.37. The summed E-state index contributed by atoms with van der Waals surface area (Å²) in [4.78, 5) is 13.8. The third kappa shape index (κ3) is 3.10. The Labute approximate surface area is 109 Å². The maximum atomic E-state index is 12.1. The molecule has 0 radical (unpaired) electrons. The summed E-state index contributed by atoms with van der Waals surface area (Å²) in [5, 5.41) is 9.96. The SMILES string of the molecule is CC1(O)CCCN(C(=O)c2ccc(Br)o2)CC1. The van der Waals surface area contributed by atoms with Crippen molar-refractivity contribution in [3.05, 3.63) is 22.6 Å². The smallest absolute Gasteiger partial charge is 0.289 e. The molecule has 0 spiro atoms. The first-order chi connectivity index (χ1) is 7.98. The van der Waals surface area contributed by atoms with E-state index in [2.05, 4.69) is 15.9 Å². The van der Waals surface area contributed by atoms with Crippen LogP contribution in [0, 0.1) is 0 Å². The Morgan fingerprint density at radius 3 is 2.88 bits per heavy atom.